The van der Waals surface area contributed by atoms with Crippen LogP contribution >= 0.6 is 0 Å². The van der Waals surface area contributed by atoms with Crippen LogP contribution in [0.4, 0.5) is 11.5 Å². The highest BCUT2D eigenvalue weighted by Crippen LogP contribution is 2.32. The summed E-state index contributed by atoms with van der Waals surface area (Å²) in [6, 6.07) is 7.11. The third-order valence-corrected chi connectivity index (χ3v) is 4.34. The number of carbonyl (C=O) groups excluding carboxylic acids is 1. The van der Waals surface area contributed by atoms with Gasteiger partial charge in [0.1, 0.15) is 0 Å². The highest BCUT2D eigenvalue weighted by molar-refractivity contribution is 5.93. The number of carbonyl (C=O) groups is 1. The van der Waals surface area contributed by atoms with Crippen LogP contribution in [0.1, 0.15) is 10.4 Å². The Hall–Kier alpha value is -4.14. The Morgan fingerprint density at radius 1 is 1.14 bits per heavy atom. The number of rotatable bonds is 6. The van der Waals surface area contributed by atoms with E-state index in [2.05, 4.69) is 20.3 Å². The van der Waals surface area contributed by atoms with Crippen molar-refractivity contribution in [2.24, 2.45) is 5.73 Å². The van der Waals surface area contributed by atoms with Gasteiger partial charge < -0.3 is 24.9 Å². The van der Waals surface area contributed by atoms with Gasteiger partial charge >= 0.3 is 0 Å². The highest BCUT2D eigenvalue weighted by Gasteiger charge is 2.13. The molecule has 3 N–H and O–H groups in total. The normalized spacial score (nSPS) is 10.7. The van der Waals surface area contributed by atoms with Gasteiger partial charge in [-0.25, -0.2) is 9.97 Å². The molecule has 146 valence electrons. The van der Waals surface area contributed by atoms with E-state index >= 15 is 0 Å². The molecule has 4 aromatic rings. The lowest BCUT2D eigenvalue weighted by atomic mass is 10.1. The van der Waals surface area contributed by atoms with E-state index in [1.165, 1.54) is 6.20 Å². The SMILES string of the molecule is COc1ccc(Nc2nc(-c3cncc(C(N)=O)c3)cn3ccnc23)cc1OC. The molecule has 0 saturated heterocycles. The lowest BCUT2D eigenvalue weighted by molar-refractivity contribution is 0.1000. The molecule has 3 aromatic heterocycles. The standard InChI is InChI=1S/C20H18N6O3/c1-28-16-4-3-14(8-17(16)29-2)24-19-20-23-5-6-26(20)11-15(25-19)12-7-13(18(21)27)10-22-9-12/h3-11H,1-2H3,(H2,21,27)(H,24,25). The molecule has 4 rings (SSSR count). The number of methoxy groups -OCH3 is 2. The Balaban J connectivity index is 1.78. The molecule has 0 unspecified atom stereocenters. The number of pyridine rings is 1. The number of ether oxygens (including phenoxy) is 2. The summed E-state index contributed by atoms with van der Waals surface area (Å²) in [5.41, 5.74) is 8.34. The van der Waals surface area contributed by atoms with Gasteiger partial charge in [-0.15, -0.1) is 0 Å². The number of hydrogen-bond donors (Lipinski definition) is 2. The first-order valence-corrected chi connectivity index (χ1v) is 8.67. The first-order valence-electron chi connectivity index (χ1n) is 8.67. The number of anilines is 2. The van der Waals surface area contributed by atoms with Crippen LogP contribution in [-0.2, 0) is 0 Å². The second kappa shape index (κ2) is 7.47. The van der Waals surface area contributed by atoms with Crippen molar-refractivity contribution < 1.29 is 14.3 Å². The van der Waals surface area contributed by atoms with Gasteiger partial charge in [0.05, 0.1) is 25.5 Å². The predicted octanol–water partition coefficient (Wildman–Crippen LogP) is 2.65. The number of aromatic nitrogens is 4. The summed E-state index contributed by atoms with van der Waals surface area (Å²) in [4.78, 5) is 24.6. The van der Waals surface area contributed by atoms with Crippen LogP contribution in [-0.4, -0.2) is 39.5 Å². The molecule has 0 bridgehead atoms. The lowest BCUT2D eigenvalue weighted by Gasteiger charge is -2.12. The van der Waals surface area contributed by atoms with Crippen LogP contribution in [0.5, 0.6) is 11.5 Å². The Bertz CT molecular complexity index is 1200. The number of fused-ring (bicyclic) bond motifs is 1. The average molecular weight is 390 g/mol. The molecular formula is C20H18N6O3. The zero-order valence-electron chi connectivity index (χ0n) is 15.8. The second-order valence-electron chi connectivity index (χ2n) is 6.15. The van der Waals surface area contributed by atoms with Crippen molar-refractivity contribution in [3.8, 4) is 22.8 Å². The van der Waals surface area contributed by atoms with E-state index in [-0.39, 0.29) is 0 Å². The first-order chi connectivity index (χ1) is 14.1. The molecular weight excluding hydrogens is 372 g/mol. The van der Waals surface area contributed by atoms with Crippen molar-refractivity contribution in [2.75, 3.05) is 19.5 Å². The maximum Gasteiger partial charge on any atom is 0.250 e. The van der Waals surface area contributed by atoms with E-state index in [9.17, 15) is 4.79 Å². The fourth-order valence-corrected chi connectivity index (χ4v) is 2.92. The summed E-state index contributed by atoms with van der Waals surface area (Å²) in [6.45, 7) is 0. The molecule has 0 aliphatic carbocycles. The fraction of sp³-hybridized carbons (Fsp3) is 0.100. The van der Waals surface area contributed by atoms with Crippen LogP contribution in [0.15, 0.2) is 55.2 Å². The van der Waals surface area contributed by atoms with Gasteiger partial charge in [0.15, 0.2) is 23.0 Å². The Morgan fingerprint density at radius 3 is 2.72 bits per heavy atom. The summed E-state index contributed by atoms with van der Waals surface area (Å²) >= 11 is 0. The molecule has 1 amide bonds. The minimum Gasteiger partial charge on any atom is -0.493 e. The van der Waals surface area contributed by atoms with Crippen LogP contribution in [0.2, 0.25) is 0 Å². The van der Waals surface area contributed by atoms with E-state index in [0.29, 0.717) is 39.8 Å². The van der Waals surface area contributed by atoms with Gasteiger partial charge in [0, 0.05) is 48.3 Å². The molecule has 0 saturated carbocycles. The third-order valence-electron chi connectivity index (χ3n) is 4.34. The summed E-state index contributed by atoms with van der Waals surface area (Å²) in [5.74, 6) is 1.20. The molecule has 0 aliphatic rings. The topological polar surface area (TPSA) is 117 Å². The second-order valence-corrected chi connectivity index (χ2v) is 6.15. The maximum atomic E-state index is 11.5. The molecule has 3 heterocycles. The number of primary amides is 1. The van der Waals surface area contributed by atoms with Crippen molar-refractivity contribution in [2.45, 2.75) is 0 Å². The first kappa shape index (κ1) is 18.2. The van der Waals surface area contributed by atoms with Gasteiger partial charge in [-0.05, 0) is 18.2 Å². The Morgan fingerprint density at radius 2 is 1.97 bits per heavy atom. The Labute approximate surface area is 166 Å². The maximum absolute atomic E-state index is 11.5. The number of nitrogens with two attached hydrogens (primary N) is 1. The predicted molar refractivity (Wildman–Crippen MR) is 108 cm³/mol. The molecule has 0 radical (unpaired) electrons. The largest absolute Gasteiger partial charge is 0.493 e. The third kappa shape index (κ3) is 3.53. The van der Waals surface area contributed by atoms with Crippen molar-refractivity contribution in [3.05, 3.63) is 60.8 Å². The van der Waals surface area contributed by atoms with E-state index in [1.807, 2.05) is 28.9 Å². The monoisotopic (exact) mass is 390 g/mol. The van der Waals surface area contributed by atoms with Gasteiger partial charge in [-0.1, -0.05) is 0 Å². The average Bonchev–Trinajstić information content (AvgIpc) is 3.22. The van der Waals surface area contributed by atoms with Gasteiger partial charge in [0.25, 0.3) is 0 Å². The highest BCUT2D eigenvalue weighted by atomic mass is 16.5. The Kier molecular flexibility index (Phi) is 4.70. The summed E-state index contributed by atoms with van der Waals surface area (Å²) in [5, 5.41) is 3.26. The summed E-state index contributed by atoms with van der Waals surface area (Å²) in [7, 11) is 3.16. The van der Waals surface area contributed by atoms with Crippen LogP contribution in [0, 0.1) is 0 Å². The molecule has 0 spiro atoms. The quantitative estimate of drug-likeness (QED) is 0.520. The molecule has 0 atom stereocenters. The van der Waals surface area contributed by atoms with Gasteiger partial charge in [0.2, 0.25) is 5.91 Å². The van der Waals surface area contributed by atoms with E-state index in [0.717, 1.165) is 5.69 Å². The van der Waals surface area contributed by atoms with Crippen molar-refractivity contribution in [1.29, 1.82) is 0 Å². The number of amides is 1. The van der Waals surface area contributed by atoms with Crippen LogP contribution in [0.25, 0.3) is 16.9 Å². The van der Waals surface area contributed by atoms with E-state index < -0.39 is 5.91 Å². The fourth-order valence-electron chi connectivity index (χ4n) is 2.92. The van der Waals surface area contributed by atoms with E-state index in [4.69, 9.17) is 15.2 Å². The zero-order valence-corrected chi connectivity index (χ0v) is 15.8. The molecule has 0 fully saturated rings. The van der Waals surface area contributed by atoms with Crippen molar-refractivity contribution in [3.63, 3.8) is 0 Å². The number of hydrogen-bond acceptors (Lipinski definition) is 7. The summed E-state index contributed by atoms with van der Waals surface area (Å²) in [6.07, 6.45) is 8.34. The smallest absolute Gasteiger partial charge is 0.250 e. The van der Waals surface area contributed by atoms with E-state index in [1.54, 1.807) is 38.7 Å². The van der Waals surface area contributed by atoms with Crippen LogP contribution < -0.4 is 20.5 Å². The zero-order chi connectivity index (χ0) is 20.4. The minimum absolute atomic E-state index is 0.310. The molecule has 0 aliphatic heterocycles. The summed E-state index contributed by atoms with van der Waals surface area (Å²) < 4.78 is 12.5. The van der Waals surface area contributed by atoms with Crippen molar-refractivity contribution in [1.82, 2.24) is 19.4 Å². The minimum atomic E-state index is -0.549. The molecule has 29 heavy (non-hydrogen) atoms. The molecule has 9 heteroatoms. The van der Waals surface area contributed by atoms with Gasteiger partial charge in [-0.3, -0.25) is 9.78 Å². The number of benzene rings is 1. The number of imidazole rings is 1. The number of nitrogens with one attached hydrogen (secondary N) is 1. The molecule has 9 nitrogen and oxygen atoms in total. The van der Waals surface area contributed by atoms with Gasteiger partial charge in [-0.2, -0.15) is 0 Å². The van der Waals surface area contributed by atoms with Crippen LogP contribution in [0.3, 0.4) is 0 Å². The number of nitrogens with zero attached hydrogens (tertiary/aromatic N) is 4. The lowest BCUT2D eigenvalue weighted by Crippen LogP contribution is -2.11. The molecule has 1 aromatic carbocycles. The van der Waals surface area contributed by atoms with Crippen molar-refractivity contribution >= 4 is 23.1 Å².